The van der Waals surface area contributed by atoms with E-state index in [0.717, 1.165) is 31.2 Å². The Kier molecular flexibility index (Phi) is 3.82. The SMILES string of the molecule is OC1(c2ccccc2Cl)CCC(c2ccccc2)CC1. The van der Waals surface area contributed by atoms with Crippen molar-refractivity contribution in [1.29, 1.82) is 0 Å². The van der Waals surface area contributed by atoms with Crippen LogP contribution in [-0.2, 0) is 5.60 Å². The molecule has 1 aliphatic carbocycles. The van der Waals surface area contributed by atoms with Crippen LogP contribution in [0.1, 0.15) is 42.7 Å². The fourth-order valence-electron chi connectivity index (χ4n) is 3.26. The Bertz CT molecular complexity index is 571. The van der Waals surface area contributed by atoms with E-state index in [1.807, 2.05) is 30.3 Å². The lowest BCUT2D eigenvalue weighted by Crippen LogP contribution is -2.31. The minimum atomic E-state index is -0.760. The molecule has 1 N–H and O–H groups in total. The molecule has 0 unspecified atom stereocenters. The predicted molar refractivity (Wildman–Crippen MR) is 83.0 cm³/mol. The van der Waals surface area contributed by atoms with Gasteiger partial charge in [0.15, 0.2) is 0 Å². The van der Waals surface area contributed by atoms with Crippen LogP contribution in [0.25, 0.3) is 0 Å². The molecule has 0 heterocycles. The zero-order chi connectivity index (χ0) is 14.0. The molecule has 0 radical (unpaired) electrons. The van der Waals surface area contributed by atoms with Gasteiger partial charge >= 0.3 is 0 Å². The smallest absolute Gasteiger partial charge is 0.0911 e. The molecule has 0 aromatic heterocycles. The monoisotopic (exact) mass is 286 g/mol. The van der Waals surface area contributed by atoms with E-state index >= 15 is 0 Å². The number of hydrogen-bond acceptors (Lipinski definition) is 1. The van der Waals surface area contributed by atoms with Crippen molar-refractivity contribution >= 4 is 11.6 Å². The van der Waals surface area contributed by atoms with Gasteiger partial charge in [-0.25, -0.2) is 0 Å². The average Bonchev–Trinajstić information content (AvgIpc) is 2.49. The summed E-state index contributed by atoms with van der Waals surface area (Å²) in [6.07, 6.45) is 3.56. The van der Waals surface area contributed by atoms with E-state index in [1.165, 1.54) is 5.56 Å². The highest BCUT2D eigenvalue weighted by Gasteiger charge is 2.36. The third kappa shape index (κ3) is 2.61. The predicted octanol–water partition coefficient (Wildman–Crippen LogP) is 4.89. The van der Waals surface area contributed by atoms with Gasteiger partial charge in [0, 0.05) is 10.6 Å². The molecule has 1 fully saturated rings. The molecule has 20 heavy (non-hydrogen) atoms. The van der Waals surface area contributed by atoms with E-state index in [4.69, 9.17) is 11.6 Å². The Balaban J connectivity index is 1.77. The third-order valence-corrected chi connectivity index (χ3v) is 4.79. The molecule has 3 rings (SSSR count). The van der Waals surface area contributed by atoms with Crippen LogP contribution in [-0.4, -0.2) is 5.11 Å². The maximum Gasteiger partial charge on any atom is 0.0911 e. The van der Waals surface area contributed by atoms with Gasteiger partial charge in [-0.2, -0.15) is 0 Å². The summed E-state index contributed by atoms with van der Waals surface area (Å²) in [5.41, 5.74) is 1.51. The molecule has 0 atom stereocenters. The Labute approximate surface area is 125 Å². The molecular formula is C18H19ClO. The summed E-state index contributed by atoms with van der Waals surface area (Å²) in [6.45, 7) is 0. The number of rotatable bonds is 2. The average molecular weight is 287 g/mol. The number of aliphatic hydroxyl groups is 1. The van der Waals surface area contributed by atoms with Crippen LogP contribution < -0.4 is 0 Å². The second kappa shape index (κ2) is 5.59. The zero-order valence-corrected chi connectivity index (χ0v) is 12.2. The fraction of sp³-hybridized carbons (Fsp3) is 0.333. The number of halogens is 1. The largest absolute Gasteiger partial charge is 0.385 e. The van der Waals surface area contributed by atoms with Crippen LogP contribution >= 0.6 is 11.6 Å². The molecule has 104 valence electrons. The standard InChI is InChI=1S/C18H19ClO/c19-17-9-5-4-8-16(17)18(20)12-10-15(11-13-18)14-6-2-1-3-7-14/h1-9,15,20H,10-13H2. The van der Waals surface area contributed by atoms with Crippen molar-refractivity contribution in [3.8, 4) is 0 Å². The molecular weight excluding hydrogens is 268 g/mol. The number of hydrogen-bond donors (Lipinski definition) is 1. The zero-order valence-electron chi connectivity index (χ0n) is 11.4. The van der Waals surface area contributed by atoms with E-state index < -0.39 is 5.60 Å². The molecule has 0 amide bonds. The molecule has 1 aliphatic rings. The van der Waals surface area contributed by atoms with Crippen molar-refractivity contribution in [3.63, 3.8) is 0 Å². The van der Waals surface area contributed by atoms with Crippen molar-refractivity contribution in [1.82, 2.24) is 0 Å². The fourth-order valence-corrected chi connectivity index (χ4v) is 3.57. The van der Waals surface area contributed by atoms with Crippen molar-refractivity contribution in [2.24, 2.45) is 0 Å². The van der Waals surface area contributed by atoms with E-state index in [1.54, 1.807) is 0 Å². The van der Waals surface area contributed by atoms with Crippen molar-refractivity contribution < 1.29 is 5.11 Å². The van der Waals surface area contributed by atoms with Crippen LogP contribution in [0.4, 0.5) is 0 Å². The normalized spacial score (nSPS) is 26.4. The molecule has 0 aliphatic heterocycles. The minimum absolute atomic E-state index is 0.555. The quantitative estimate of drug-likeness (QED) is 0.834. The second-order valence-electron chi connectivity index (χ2n) is 5.70. The molecule has 0 spiro atoms. The molecule has 0 bridgehead atoms. The maximum atomic E-state index is 10.9. The first-order chi connectivity index (χ1) is 9.69. The second-order valence-corrected chi connectivity index (χ2v) is 6.10. The van der Waals surface area contributed by atoms with Crippen molar-refractivity contribution in [3.05, 3.63) is 70.7 Å². The van der Waals surface area contributed by atoms with E-state index in [0.29, 0.717) is 10.9 Å². The first-order valence-corrected chi connectivity index (χ1v) is 7.59. The molecule has 2 heteroatoms. The summed E-state index contributed by atoms with van der Waals surface area (Å²) in [4.78, 5) is 0. The molecule has 1 nitrogen and oxygen atoms in total. The van der Waals surface area contributed by atoms with Gasteiger partial charge in [-0.3, -0.25) is 0 Å². The third-order valence-electron chi connectivity index (χ3n) is 4.46. The Morgan fingerprint density at radius 1 is 0.900 bits per heavy atom. The van der Waals surface area contributed by atoms with Crippen LogP contribution in [0.2, 0.25) is 5.02 Å². The van der Waals surface area contributed by atoms with Gasteiger partial charge in [-0.15, -0.1) is 0 Å². The molecule has 1 saturated carbocycles. The van der Waals surface area contributed by atoms with Crippen LogP contribution in [0.15, 0.2) is 54.6 Å². The lowest BCUT2D eigenvalue weighted by atomic mass is 9.73. The molecule has 2 aromatic carbocycles. The Morgan fingerprint density at radius 3 is 2.15 bits per heavy atom. The minimum Gasteiger partial charge on any atom is -0.385 e. The molecule has 2 aromatic rings. The van der Waals surface area contributed by atoms with Gasteiger partial charge < -0.3 is 5.11 Å². The van der Waals surface area contributed by atoms with Gasteiger partial charge in [-0.05, 0) is 43.2 Å². The highest BCUT2D eigenvalue weighted by molar-refractivity contribution is 6.31. The van der Waals surface area contributed by atoms with E-state index in [9.17, 15) is 5.11 Å². The summed E-state index contributed by atoms with van der Waals surface area (Å²) in [5.74, 6) is 0.555. The topological polar surface area (TPSA) is 20.2 Å². The van der Waals surface area contributed by atoms with E-state index in [-0.39, 0.29) is 0 Å². The highest BCUT2D eigenvalue weighted by atomic mass is 35.5. The van der Waals surface area contributed by atoms with Gasteiger partial charge in [0.1, 0.15) is 0 Å². The first kappa shape index (κ1) is 13.7. The van der Waals surface area contributed by atoms with Gasteiger partial charge in [0.05, 0.1) is 5.60 Å². The van der Waals surface area contributed by atoms with E-state index in [2.05, 4.69) is 24.3 Å². The first-order valence-electron chi connectivity index (χ1n) is 7.21. The highest BCUT2D eigenvalue weighted by Crippen LogP contribution is 2.44. The number of benzene rings is 2. The van der Waals surface area contributed by atoms with Gasteiger partial charge in [0.2, 0.25) is 0 Å². The van der Waals surface area contributed by atoms with Gasteiger partial charge in [0.25, 0.3) is 0 Å². The summed E-state index contributed by atoms with van der Waals surface area (Å²) in [7, 11) is 0. The summed E-state index contributed by atoms with van der Waals surface area (Å²) in [5, 5.41) is 11.6. The Hall–Kier alpha value is -1.31. The van der Waals surface area contributed by atoms with Crippen molar-refractivity contribution in [2.75, 3.05) is 0 Å². The Morgan fingerprint density at radius 2 is 1.50 bits per heavy atom. The lowest BCUT2D eigenvalue weighted by molar-refractivity contribution is -0.00556. The van der Waals surface area contributed by atoms with Crippen LogP contribution in [0, 0.1) is 0 Å². The van der Waals surface area contributed by atoms with Crippen molar-refractivity contribution in [2.45, 2.75) is 37.2 Å². The van der Waals surface area contributed by atoms with Crippen LogP contribution in [0.5, 0.6) is 0 Å². The summed E-state index contributed by atoms with van der Waals surface area (Å²) >= 11 is 6.24. The summed E-state index contributed by atoms with van der Waals surface area (Å²) < 4.78 is 0. The maximum absolute atomic E-state index is 10.9. The van der Waals surface area contributed by atoms with Gasteiger partial charge in [-0.1, -0.05) is 60.1 Å². The molecule has 0 saturated heterocycles. The lowest BCUT2D eigenvalue weighted by Gasteiger charge is -2.37. The van der Waals surface area contributed by atoms with Crippen LogP contribution in [0.3, 0.4) is 0 Å². The summed E-state index contributed by atoms with van der Waals surface area (Å²) in [6, 6.07) is 18.3.